The fraction of sp³-hybridized carbons (Fsp3) is 0.308. The van der Waals surface area contributed by atoms with Crippen LogP contribution in [0, 0.1) is 13.8 Å². The van der Waals surface area contributed by atoms with Crippen molar-refractivity contribution in [3.63, 3.8) is 0 Å². The van der Waals surface area contributed by atoms with Gasteiger partial charge in [-0.2, -0.15) is 0 Å². The fourth-order valence-corrected chi connectivity index (χ4v) is 1.91. The zero-order valence-corrected chi connectivity index (χ0v) is 9.04. The van der Waals surface area contributed by atoms with Gasteiger partial charge in [-0.3, -0.25) is 0 Å². The van der Waals surface area contributed by atoms with E-state index in [0.29, 0.717) is 6.61 Å². The third-order valence-electron chi connectivity index (χ3n) is 2.50. The molecule has 0 aromatic heterocycles. The molecule has 0 amide bonds. The fourth-order valence-electron chi connectivity index (χ4n) is 1.91. The topological polar surface area (TPSA) is 26.3 Å². The summed E-state index contributed by atoms with van der Waals surface area (Å²) in [5, 5.41) is 0. The van der Waals surface area contributed by atoms with Crippen LogP contribution < -0.4 is 0 Å². The van der Waals surface area contributed by atoms with Crippen molar-refractivity contribution in [3.05, 3.63) is 41.0 Å². The average Bonchev–Trinajstić information content (AvgIpc) is 2.16. The summed E-state index contributed by atoms with van der Waals surface area (Å²) in [6, 6.07) is 6.35. The van der Waals surface area contributed by atoms with Crippen LogP contribution in [0.4, 0.5) is 0 Å². The molecule has 0 radical (unpaired) electrons. The predicted octanol–water partition coefficient (Wildman–Crippen LogP) is 2.63. The van der Waals surface area contributed by atoms with Crippen LogP contribution in [-0.4, -0.2) is 12.6 Å². The Morgan fingerprint density at radius 3 is 2.40 bits per heavy atom. The number of aryl methyl sites for hydroxylation is 2. The van der Waals surface area contributed by atoms with Crippen molar-refractivity contribution in [2.45, 2.75) is 20.3 Å². The van der Waals surface area contributed by atoms with Crippen molar-refractivity contribution >= 4 is 11.5 Å². The van der Waals surface area contributed by atoms with Crippen LogP contribution in [0.25, 0.3) is 5.57 Å². The standard InChI is InChI=1S/C13H14O2/c1-9-5-10(2)7-12(6-9)11-3-4-15-13(14)8-11/h5-8H,3-4H2,1-2H3. The Kier molecular flexibility index (Phi) is 2.58. The second-order valence-corrected chi connectivity index (χ2v) is 3.96. The van der Waals surface area contributed by atoms with Crippen molar-refractivity contribution in [1.82, 2.24) is 0 Å². The number of ether oxygens (including phenoxy) is 1. The monoisotopic (exact) mass is 202 g/mol. The Labute approximate surface area is 89.6 Å². The Bertz CT molecular complexity index is 410. The minimum atomic E-state index is -0.226. The number of hydrogen-bond donors (Lipinski definition) is 0. The number of hydrogen-bond acceptors (Lipinski definition) is 2. The molecule has 1 aliphatic heterocycles. The SMILES string of the molecule is Cc1cc(C)cc(C2=CC(=O)OCC2)c1. The molecule has 0 atom stereocenters. The van der Waals surface area contributed by atoms with E-state index >= 15 is 0 Å². The highest BCUT2D eigenvalue weighted by atomic mass is 16.5. The molecule has 1 aromatic rings. The van der Waals surface area contributed by atoms with Gasteiger partial charge >= 0.3 is 5.97 Å². The summed E-state index contributed by atoms with van der Waals surface area (Å²) in [4.78, 5) is 11.1. The van der Waals surface area contributed by atoms with Gasteiger partial charge in [0.15, 0.2) is 0 Å². The Balaban J connectivity index is 2.40. The van der Waals surface area contributed by atoms with E-state index in [2.05, 4.69) is 32.0 Å². The summed E-state index contributed by atoms with van der Waals surface area (Å²) in [5.74, 6) is -0.226. The van der Waals surface area contributed by atoms with Crippen LogP contribution in [0.3, 0.4) is 0 Å². The second-order valence-electron chi connectivity index (χ2n) is 3.96. The number of benzene rings is 1. The third kappa shape index (κ3) is 2.27. The van der Waals surface area contributed by atoms with E-state index in [-0.39, 0.29) is 5.97 Å². The average molecular weight is 202 g/mol. The van der Waals surface area contributed by atoms with E-state index in [4.69, 9.17) is 4.74 Å². The minimum absolute atomic E-state index is 0.226. The summed E-state index contributed by atoms with van der Waals surface area (Å²) in [5.41, 5.74) is 4.68. The van der Waals surface area contributed by atoms with Crippen molar-refractivity contribution < 1.29 is 9.53 Å². The van der Waals surface area contributed by atoms with E-state index in [9.17, 15) is 4.79 Å². The van der Waals surface area contributed by atoms with Crippen LogP contribution in [0.5, 0.6) is 0 Å². The summed E-state index contributed by atoms with van der Waals surface area (Å²) in [7, 11) is 0. The lowest BCUT2D eigenvalue weighted by Gasteiger charge is -2.14. The lowest BCUT2D eigenvalue weighted by atomic mass is 9.98. The van der Waals surface area contributed by atoms with E-state index in [1.54, 1.807) is 6.08 Å². The summed E-state index contributed by atoms with van der Waals surface area (Å²) >= 11 is 0. The van der Waals surface area contributed by atoms with E-state index in [1.807, 2.05) is 0 Å². The Morgan fingerprint density at radius 1 is 1.13 bits per heavy atom. The molecule has 0 bridgehead atoms. The van der Waals surface area contributed by atoms with Crippen molar-refractivity contribution in [2.75, 3.05) is 6.61 Å². The van der Waals surface area contributed by atoms with Gasteiger partial charge in [-0.25, -0.2) is 4.79 Å². The molecule has 0 unspecified atom stereocenters. The maximum Gasteiger partial charge on any atom is 0.331 e. The number of cyclic esters (lactones) is 1. The van der Waals surface area contributed by atoms with Gasteiger partial charge in [0.05, 0.1) is 6.61 Å². The second kappa shape index (κ2) is 3.89. The first-order valence-corrected chi connectivity index (χ1v) is 5.11. The number of carbonyl (C=O) groups is 1. The molecule has 2 nitrogen and oxygen atoms in total. The molecule has 0 aliphatic carbocycles. The summed E-state index contributed by atoms with van der Waals surface area (Å²) in [6.07, 6.45) is 2.41. The van der Waals surface area contributed by atoms with Gasteiger partial charge in [-0.05, 0) is 25.0 Å². The summed E-state index contributed by atoms with van der Waals surface area (Å²) in [6.45, 7) is 4.63. The van der Waals surface area contributed by atoms with Crippen molar-refractivity contribution in [3.8, 4) is 0 Å². The quantitative estimate of drug-likeness (QED) is 0.654. The Hall–Kier alpha value is -1.57. The van der Waals surface area contributed by atoms with Gasteiger partial charge in [0.1, 0.15) is 0 Å². The maximum atomic E-state index is 11.1. The molecule has 2 heteroatoms. The molecule has 0 N–H and O–H groups in total. The van der Waals surface area contributed by atoms with Crippen LogP contribution >= 0.6 is 0 Å². The van der Waals surface area contributed by atoms with Gasteiger partial charge in [0.25, 0.3) is 0 Å². The number of esters is 1. The third-order valence-corrected chi connectivity index (χ3v) is 2.50. The van der Waals surface area contributed by atoms with Crippen LogP contribution in [-0.2, 0) is 9.53 Å². The molecule has 0 spiro atoms. The largest absolute Gasteiger partial charge is 0.462 e. The first kappa shape index (κ1) is 9.97. The molecular weight excluding hydrogens is 188 g/mol. The molecule has 1 aliphatic rings. The molecule has 1 aromatic carbocycles. The van der Waals surface area contributed by atoms with Crippen molar-refractivity contribution in [1.29, 1.82) is 0 Å². The number of rotatable bonds is 1. The molecule has 78 valence electrons. The molecule has 0 saturated carbocycles. The highest BCUT2D eigenvalue weighted by molar-refractivity contribution is 5.92. The van der Waals surface area contributed by atoms with Crippen LogP contribution in [0.15, 0.2) is 24.3 Å². The van der Waals surface area contributed by atoms with Gasteiger partial charge < -0.3 is 4.74 Å². The number of carbonyl (C=O) groups excluding carboxylic acids is 1. The van der Waals surface area contributed by atoms with Crippen LogP contribution in [0.1, 0.15) is 23.1 Å². The zero-order valence-electron chi connectivity index (χ0n) is 9.04. The van der Waals surface area contributed by atoms with E-state index in [0.717, 1.165) is 17.6 Å². The zero-order chi connectivity index (χ0) is 10.8. The molecule has 0 saturated heterocycles. The van der Waals surface area contributed by atoms with Gasteiger partial charge in [0.2, 0.25) is 0 Å². The van der Waals surface area contributed by atoms with Gasteiger partial charge in [-0.1, -0.05) is 29.3 Å². The molecule has 0 fully saturated rings. The van der Waals surface area contributed by atoms with Gasteiger partial charge in [0, 0.05) is 12.5 Å². The first-order valence-electron chi connectivity index (χ1n) is 5.11. The molecular formula is C13H14O2. The lowest BCUT2D eigenvalue weighted by molar-refractivity contribution is -0.138. The van der Waals surface area contributed by atoms with Crippen molar-refractivity contribution in [2.24, 2.45) is 0 Å². The van der Waals surface area contributed by atoms with Gasteiger partial charge in [-0.15, -0.1) is 0 Å². The molecule has 2 rings (SSSR count). The Morgan fingerprint density at radius 2 is 1.80 bits per heavy atom. The highest BCUT2D eigenvalue weighted by Crippen LogP contribution is 2.23. The first-order chi connectivity index (χ1) is 7.15. The minimum Gasteiger partial charge on any atom is -0.462 e. The van der Waals surface area contributed by atoms with Crippen LogP contribution in [0.2, 0.25) is 0 Å². The van der Waals surface area contributed by atoms with E-state index < -0.39 is 0 Å². The summed E-state index contributed by atoms with van der Waals surface area (Å²) < 4.78 is 4.87. The maximum absolute atomic E-state index is 11.1. The predicted molar refractivity (Wildman–Crippen MR) is 59.5 cm³/mol. The molecule has 15 heavy (non-hydrogen) atoms. The molecule has 1 heterocycles. The smallest absolute Gasteiger partial charge is 0.331 e. The highest BCUT2D eigenvalue weighted by Gasteiger charge is 2.12. The lowest BCUT2D eigenvalue weighted by Crippen LogP contribution is -2.10. The normalized spacial score (nSPS) is 15.9. The van der Waals surface area contributed by atoms with E-state index in [1.165, 1.54) is 11.1 Å².